The van der Waals surface area contributed by atoms with E-state index in [4.69, 9.17) is 4.84 Å². The van der Waals surface area contributed by atoms with Gasteiger partial charge in [0.1, 0.15) is 12.1 Å². The fourth-order valence-electron chi connectivity index (χ4n) is 3.43. The van der Waals surface area contributed by atoms with Crippen LogP contribution in [-0.2, 0) is 16.2 Å². The summed E-state index contributed by atoms with van der Waals surface area (Å²) in [7, 11) is 0. The number of hydroxylamine groups is 2. The number of urea groups is 1. The SMILES string of the molecule is C=CCON1C(=O)N2C[C@H]1c1ccsc1[C@H]2C(=O)NCc1ccccc1. The summed E-state index contributed by atoms with van der Waals surface area (Å²) in [6.07, 6.45) is 1.60. The molecule has 2 aromatic rings. The first-order valence-electron chi connectivity index (χ1n) is 8.43. The number of benzene rings is 1. The predicted molar refractivity (Wildman–Crippen MR) is 98.2 cm³/mol. The normalized spacial score (nSPS) is 20.8. The van der Waals surface area contributed by atoms with E-state index in [0.29, 0.717) is 13.1 Å². The fraction of sp³-hybridized carbons (Fsp3) is 0.263. The van der Waals surface area contributed by atoms with E-state index >= 15 is 0 Å². The molecule has 26 heavy (non-hydrogen) atoms. The van der Waals surface area contributed by atoms with Crippen LogP contribution in [0, 0.1) is 0 Å². The smallest absolute Gasteiger partial charge is 0.345 e. The van der Waals surface area contributed by atoms with E-state index in [2.05, 4.69) is 11.9 Å². The number of nitrogens with one attached hydrogen (secondary N) is 1. The molecule has 2 aliphatic rings. The zero-order valence-corrected chi connectivity index (χ0v) is 14.9. The first-order chi connectivity index (χ1) is 12.7. The largest absolute Gasteiger partial charge is 0.350 e. The van der Waals surface area contributed by atoms with Crippen LogP contribution in [0.25, 0.3) is 0 Å². The van der Waals surface area contributed by atoms with Gasteiger partial charge in [-0.3, -0.25) is 9.63 Å². The van der Waals surface area contributed by atoms with Crippen LogP contribution in [0.3, 0.4) is 0 Å². The highest BCUT2D eigenvalue weighted by molar-refractivity contribution is 7.10. The highest BCUT2D eigenvalue weighted by Gasteiger charge is 2.51. The molecule has 2 atom stereocenters. The summed E-state index contributed by atoms with van der Waals surface area (Å²) in [5.74, 6) is -0.171. The van der Waals surface area contributed by atoms with E-state index in [1.807, 2.05) is 41.8 Å². The number of carbonyl (C=O) groups excluding carboxylic acids is 2. The molecule has 1 saturated heterocycles. The van der Waals surface area contributed by atoms with Crippen molar-refractivity contribution in [3.8, 4) is 0 Å². The van der Waals surface area contributed by atoms with E-state index in [9.17, 15) is 9.59 Å². The molecule has 4 rings (SSSR count). The topological polar surface area (TPSA) is 61.9 Å². The van der Waals surface area contributed by atoms with Crippen molar-refractivity contribution in [2.45, 2.75) is 18.6 Å². The maximum Gasteiger partial charge on any atom is 0.345 e. The Hall–Kier alpha value is -2.64. The van der Waals surface area contributed by atoms with E-state index in [1.54, 1.807) is 11.0 Å². The Morgan fingerprint density at radius 3 is 2.92 bits per heavy atom. The van der Waals surface area contributed by atoms with E-state index in [-0.39, 0.29) is 24.6 Å². The van der Waals surface area contributed by atoms with E-state index < -0.39 is 6.04 Å². The third-order valence-corrected chi connectivity index (χ3v) is 5.61. The van der Waals surface area contributed by atoms with Crippen molar-refractivity contribution in [3.05, 3.63) is 70.4 Å². The number of nitrogens with zero attached hydrogens (tertiary/aromatic N) is 2. The van der Waals surface area contributed by atoms with Crippen LogP contribution in [0.2, 0.25) is 0 Å². The Morgan fingerprint density at radius 1 is 1.35 bits per heavy atom. The summed E-state index contributed by atoms with van der Waals surface area (Å²) < 4.78 is 0. The van der Waals surface area contributed by atoms with Crippen LogP contribution < -0.4 is 5.32 Å². The first kappa shape index (κ1) is 16.8. The van der Waals surface area contributed by atoms with Crippen LogP contribution >= 0.6 is 11.3 Å². The molecule has 1 N–H and O–H groups in total. The number of thiophene rings is 1. The van der Waals surface area contributed by atoms with Gasteiger partial charge in [-0.1, -0.05) is 36.4 Å². The lowest BCUT2D eigenvalue weighted by atomic mass is 9.99. The second kappa shape index (κ2) is 6.93. The van der Waals surface area contributed by atoms with Crippen molar-refractivity contribution < 1.29 is 14.4 Å². The minimum Gasteiger partial charge on any atom is -0.350 e. The molecule has 3 amide bonds. The summed E-state index contributed by atoms with van der Waals surface area (Å²) in [4.78, 5) is 33.7. The third-order valence-electron chi connectivity index (χ3n) is 4.62. The van der Waals surface area contributed by atoms with Crippen molar-refractivity contribution in [1.29, 1.82) is 0 Å². The molecule has 1 aromatic heterocycles. The van der Waals surface area contributed by atoms with Crippen molar-refractivity contribution >= 4 is 23.3 Å². The maximum absolute atomic E-state index is 12.9. The van der Waals surface area contributed by atoms with Crippen LogP contribution in [0.4, 0.5) is 4.79 Å². The Kier molecular flexibility index (Phi) is 4.48. The van der Waals surface area contributed by atoms with Gasteiger partial charge >= 0.3 is 6.03 Å². The molecule has 1 fully saturated rings. The van der Waals surface area contributed by atoms with Gasteiger partial charge in [-0.25, -0.2) is 4.79 Å². The Bertz CT molecular complexity index is 836. The molecule has 134 valence electrons. The molecule has 1 aromatic carbocycles. The van der Waals surface area contributed by atoms with Gasteiger partial charge in [-0.2, -0.15) is 5.06 Å². The molecule has 0 saturated carbocycles. The summed E-state index contributed by atoms with van der Waals surface area (Å²) in [5, 5.41) is 6.29. The Morgan fingerprint density at radius 2 is 2.15 bits per heavy atom. The van der Waals surface area contributed by atoms with E-state index in [1.165, 1.54) is 16.4 Å². The lowest BCUT2D eigenvalue weighted by Gasteiger charge is -2.29. The van der Waals surface area contributed by atoms with Gasteiger partial charge in [-0.15, -0.1) is 17.9 Å². The van der Waals surface area contributed by atoms with Crippen molar-refractivity contribution in [1.82, 2.24) is 15.3 Å². The van der Waals surface area contributed by atoms with Gasteiger partial charge in [0.05, 0.1) is 13.2 Å². The van der Waals surface area contributed by atoms with Crippen molar-refractivity contribution in [3.63, 3.8) is 0 Å². The molecule has 0 unspecified atom stereocenters. The zero-order chi connectivity index (χ0) is 18.1. The second-order valence-electron chi connectivity index (χ2n) is 6.21. The van der Waals surface area contributed by atoms with Gasteiger partial charge in [-0.05, 0) is 22.6 Å². The molecular formula is C19H19N3O3S. The molecule has 0 radical (unpaired) electrons. The van der Waals surface area contributed by atoms with Gasteiger partial charge < -0.3 is 10.2 Å². The fourth-order valence-corrected chi connectivity index (χ4v) is 4.49. The molecule has 3 heterocycles. The van der Waals surface area contributed by atoms with Crippen molar-refractivity contribution in [2.24, 2.45) is 0 Å². The molecule has 0 spiro atoms. The molecule has 2 aliphatic heterocycles. The van der Waals surface area contributed by atoms with Crippen molar-refractivity contribution in [2.75, 3.05) is 13.2 Å². The lowest BCUT2D eigenvalue weighted by Crippen LogP contribution is -2.42. The van der Waals surface area contributed by atoms with E-state index in [0.717, 1.165) is 16.0 Å². The highest BCUT2D eigenvalue weighted by atomic mass is 32.1. The standard InChI is InChI=1S/C19H19N3O3S/c1-2-9-25-22-15-12-21(19(22)24)16(17-14(15)8-10-26-17)18(23)20-11-13-6-4-3-5-7-13/h2-8,10,15-16H,1,9,11-12H2,(H,20,23)/t15-,16-/m0/s1. The quantitative estimate of drug-likeness (QED) is 0.796. The average molecular weight is 369 g/mol. The summed E-state index contributed by atoms with van der Waals surface area (Å²) >= 11 is 1.50. The second-order valence-corrected chi connectivity index (χ2v) is 7.15. The minimum absolute atomic E-state index is 0.171. The lowest BCUT2D eigenvalue weighted by molar-refractivity contribution is -0.126. The van der Waals surface area contributed by atoms with Crippen LogP contribution in [0.5, 0.6) is 0 Å². The van der Waals surface area contributed by atoms with Gasteiger partial charge in [0.2, 0.25) is 5.91 Å². The first-order valence-corrected chi connectivity index (χ1v) is 9.31. The minimum atomic E-state index is -0.616. The monoisotopic (exact) mass is 369 g/mol. The number of carbonyl (C=O) groups is 2. The Balaban J connectivity index is 1.56. The number of fused-ring (bicyclic) bond motifs is 4. The zero-order valence-electron chi connectivity index (χ0n) is 14.1. The number of hydrogen-bond donors (Lipinski definition) is 1. The maximum atomic E-state index is 12.9. The highest BCUT2D eigenvalue weighted by Crippen LogP contribution is 2.46. The van der Waals surface area contributed by atoms with Crippen LogP contribution in [0.15, 0.2) is 54.4 Å². The van der Waals surface area contributed by atoms with Gasteiger partial charge in [0.25, 0.3) is 0 Å². The number of rotatable bonds is 6. The molecule has 0 aliphatic carbocycles. The number of amides is 3. The molecule has 6 nitrogen and oxygen atoms in total. The number of hydrogen-bond acceptors (Lipinski definition) is 4. The van der Waals surface area contributed by atoms with Crippen LogP contribution in [0.1, 0.15) is 28.1 Å². The predicted octanol–water partition coefficient (Wildman–Crippen LogP) is 3.02. The molecule has 2 bridgehead atoms. The third kappa shape index (κ3) is 2.79. The Labute approximate surface area is 155 Å². The molecular weight excluding hydrogens is 350 g/mol. The summed E-state index contributed by atoms with van der Waals surface area (Å²) in [6.45, 7) is 4.75. The summed E-state index contributed by atoms with van der Waals surface area (Å²) in [6, 6.07) is 10.6. The van der Waals surface area contributed by atoms with Gasteiger partial charge in [0, 0.05) is 11.4 Å². The van der Waals surface area contributed by atoms with Crippen LogP contribution in [-0.4, -0.2) is 35.1 Å². The average Bonchev–Trinajstić information content (AvgIpc) is 3.25. The summed E-state index contributed by atoms with van der Waals surface area (Å²) in [5.41, 5.74) is 2.01. The molecule has 7 heteroatoms. The van der Waals surface area contributed by atoms with Gasteiger partial charge in [0.15, 0.2) is 0 Å².